The minimum atomic E-state index is -3.37. The summed E-state index contributed by atoms with van der Waals surface area (Å²) in [5.74, 6) is 0. The van der Waals surface area contributed by atoms with Gasteiger partial charge in [0.25, 0.3) is 10.0 Å². The molecule has 0 saturated carbocycles. The lowest BCUT2D eigenvalue weighted by molar-refractivity contribution is 0.522. The van der Waals surface area contributed by atoms with Crippen LogP contribution in [-0.4, -0.2) is 24.8 Å². The summed E-state index contributed by atoms with van der Waals surface area (Å²) in [6, 6.07) is 1.70. The Morgan fingerprint density at radius 3 is 2.86 bits per heavy atom. The number of fused-ring (bicyclic) bond motifs is 1. The van der Waals surface area contributed by atoms with Crippen LogP contribution in [0.25, 0.3) is 6.08 Å². The van der Waals surface area contributed by atoms with Crippen molar-refractivity contribution in [2.24, 2.45) is 0 Å². The maximum absolute atomic E-state index is 11.9. The first-order chi connectivity index (χ1) is 6.53. The Labute approximate surface area is 82.9 Å². The second-order valence-corrected chi connectivity index (χ2v) is 5.11. The van der Waals surface area contributed by atoms with Gasteiger partial charge in [-0.15, -0.1) is 0 Å². The Morgan fingerprint density at radius 1 is 1.43 bits per heavy atom. The van der Waals surface area contributed by atoms with Crippen molar-refractivity contribution in [3.63, 3.8) is 0 Å². The van der Waals surface area contributed by atoms with Gasteiger partial charge in [-0.05, 0) is 24.6 Å². The monoisotopic (exact) mass is 210 g/mol. The third-order valence-electron chi connectivity index (χ3n) is 2.32. The number of aromatic nitrogens is 1. The van der Waals surface area contributed by atoms with Crippen LogP contribution in [0.1, 0.15) is 12.5 Å². The maximum Gasteiger partial charge on any atom is 0.265 e. The number of hydrogen-bond donors (Lipinski definition) is 0. The molecular formula is C9H10N2O2S. The smallest absolute Gasteiger partial charge is 0.265 e. The Balaban J connectivity index is 2.79. The molecule has 1 aromatic heterocycles. The number of allylic oxidation sites excluding steroid dienone is 1. The van der Waals surface area contributed by atoms with E-state index < -0.39 is 10.0 Å². The van der Waals surface area contributed by atoms with E-state index in [1.54, 1.807) is 19.2 Å². The fourth-order valence-electron chi connectivity index (χ4n) is 1.38. The molecule has 1 aromatic rings. The van der Waals surface area contributed by atoms with Gasteiger partial charge in [0.2, 0.25) is 0 Å². The van der Waals surface area contributed by atoms with E-state index in [-0.39, 0.29) is 4.90 Å². The van der Waals surface area contributed by atoms with Crippen LogP contribution in [0.2, 0.25) is 0 Å². The molecule has 74 valence electrons. The average Bonchev–Trinajstić information content (AvgIpc) is 2.15. The Hall–Kier alpha value is -1.36. The highest BCUT2D eigenvalue weighted by atomic mass is 32.2. The number of rotatable bonds is 0. The van der Waals surface area contributed by atoms with E-state index in [1.165, 1.54) is 17.5 Å². The zero-order valence-corrected chi connectivity index (χ0v) is 8.75. The van der Waals surface area contributed by atoms with Gasteiger partial charge in [-0.1, -0.05) is 0 Å². The van der Waals surface area contributed by atoms with Crippen molar-refractivity contribution in [2.45, 2.75) is 11.8 Å². The third kappa shape index (κ3) is 1.13. The molecule has 0 unspecified atom stereocenters. The predicted octanol–water partition coefficient (Wildman–Crippen LogP) is 1.08. The average molecular weight is 210 g/mol. The van der Waals surface area contributed by atoms with Gasteiger partial charge in [0.1, 0.15) is 4.90 Å². The molecule has 0 radical (unpaired) electrons. The quantitative estimate of drug-likeness (QED) is 0.643. The van der Waals surface area contributed by atoms with Crippen molar-refractivity contribution in [3.05, 3.63) is 29.7 Å². The molecule has 5 heteroatoms. The lowest BCUT2D eigenvalue weighted by Crippen LogP contribution is -2.28. The Morgan fingerprint density at radius 2 is 2.14 bits per heavy atom. The number of sulfonamides is 1. The summed E-state index contributed by atoms with van der Waals surface area (Å²) >= 11 is 0. The molecule has 0 aromatic carbocycles. The molecule has 0 saturated heterocycles. The molecular weight excluding hydrogens is 200 g/mol. The number of nitrogens with zero attached hydrogens (tertiary/aromatic N) is 2. The standard InChI is InChI=1S/C9H10N2O2S/c1-7-5-8-3-4-10-6-9(8)14(12,13)11(7)2/h3-6H,1-2H3. The number of hydrogen-bond acceptors (Lipinski definition) is 3. The first kappa shape index (κ1) is 9.21. The van der Waals surface area contributed by atoms with Gasteiger partial charge in [-0.2, -0.15) is 0 Å². The predicted molar refractivity (Wildman–Crippen MR) is 52.8 cm³/mol. The van der Waals surface area contributed by atoms with Crippen LogP contribution < -0.4 is 0 Å². The zero-order chi connectivity index (χ0) is 10.3. The van der Waals surface area contributed by atoms with Crippen molar-refractivity contribution >= 4 is 16.1 Å². The molecule has 2 heterocycles. The van der Waals surface area contributed by atoms with Crippen LogP contribution >= 0.6 is 0 Å². The summed E-state index contributed by atoms with van der Waals surface area (Å²) in [7, 11) is -1.83. The Kier molecular flexibility index (Phi) is 1.85. The fraction of sp³-hybridized carbons (Fsp3) is 0.222. The molecule has 0 fully saturated rings. The van der Waals surface area contributed by atoms with Gasteiger partial charge in [-0.3, -0.25) is 9.29 Å². The van der Waals surface area contributed by atoms with Crippen molar-refractivity contribution in [1.29, 1.82) is 0 Å². The molecule has 1 aliphatic heterocycles. The summed E-state index contributed by atoms with van der Waals surface area (Å²) in [6.07, 6.45) is 4.80. The zero-order valence-electron chi connectivity index (χ0n) is 7.93. The first-order valence-corrected chi connectivity index (χ1v) is 5.59. The largest absolute Gasteiger partial charge is 0.273 e. The first-order valence-electron chi connectivity index (χ1n) is 4.15. The summed E-state index contributed by atoms with van der Waals surface area (Å²) in [5, 5.41) is 0. The van der Waals surface area contributed by atoms with Crippen LogP contribution in [0.3, 0.4) is 0 Å². The highest BCUT2D eigenvalue weighted by molar-refractivity contribution is 7.89. The van der Waals surface area contributed by atoms with E-state index in [0.29, 0.717) is 11.3 Å². The van der Waals surface area contributed by atoms with E-state index in [1.807, 2.05) is 6.08 Å². The molecule has 0 spiro atoms. The second kappa shape index (κ2) is 2.81. The van der Waals surface area contributed by atoms with E-state index in [2.05, 4.69) is 4.98 Å². The normalized spacial score (nSPS) is 18.7. The van der Waals surface area contributed by atoms with Crippen LogP contribution in [0.4, 0.5) is 0 Å². The van der Waals surface area contributed by atoms with Gasteiger partial charge in [-0.25, -0.2) is 8.42 Å². The topological polar surface area (TPSA) is 50.3 Å². The van der Waals surface area contributed by atoms with Crippen LogP contribution in [-0.2, 0) is 10.0 Å². The lowest BCUT2D eigenvalue weighted by Gasteiger charge is -2.25. The van der Waals surface area contributed by atoms with Gasteiger partial charge in [0.15, 0.2) is 0 Å². The van der Waals surface area contributed by atoms with Gasteiger partial charge >= 0.3 is 0 Å². The summed E-state index contributed by atoms with van der Waals surface area (Å²) in [6.45, 7) is 1.76. The molecule has 1 aliphatic rings. The summed E-state index contributed by atoms with van der Waals surface area (Å²) in [4.78, 5) is 4.09. The van der Waals surface area contributed by atoms with E-state index in [0.717, 1.165) is 0 Å². The molecule has 0 aliphatic carbocycles. The highest BCUT2D eigenvalue weighted by Gasteiger charge is 2.27. The molecule has 2 rings (SSSR count). The lowest BCUT2D eigenvalue weighted by atomic mass is 10.2. The van der Waals surface area contributed by atoms with Crippen molar-refractivity contribution in [3.8, 4) is 0 Å². The second-order valence-electron chi connectivity index (χ2n) is 3.17. The van der Waals surface area contributed by atoms with Crippen LogP contribution in [0.5, 0.6) is 0 Å². The Bertz CT molecular complexity index is 505. The number of pyridine rings is 1. The van der Waals surface area contributed by atoms with Crippen molar-refractivity contribution < 1.29 is 8.42 Å². The fourth-order valence-corrected chi connectivity index (χ4v) is 2.72. The van der Waals surface area contributed by atoms with Crippen molar-refractivity contribution in [2.75, 3.05) is 7.05 Å². The SMILES string of the molecule is CC1=Cc2ccncc2S(=O)(=O)N1C. The third-order valence-corrected chi connectivity index (χ3v) is 4.22. The van der Waals surface area contributed by atoms with Crippen LogP contribution in [0, 0.1) is 0 Å². The summed E-state index contributed by atoms with van der Waals surface area (Å²) < 4.78 is 25.0. The maximum atomic E-state index is 11.9. The molecule has 0 atom stereocenters. The van der Waals surface area contributed by atoms with E-state index in [4.69, 9.17) is 0 Å². The van der Waals surface area contributed by atoms with Crippen molar-refractivity contribution in [1.82, 2.24) is 9.29 Å². The summed E-state index contributed by atoms with van der Waals surface area (Å²) in [5.41, 5.74) is 1.42. The molecule has 14 heavy (non-hydrogen) atoms. The molecule has 0 amide bonds. The minimum absolute atomic E-state index is 0.271. The molecule has 4 nitrogen and oxygen atoms in total. The highest BCUT2D eigenvalue weighted by Crippen LogP contribution is 2.28. The minimum Gasteiger partial charge on any atom is -0.273 e. The van der Waals surface area contributed by atoms with Gasteiger partial charge < -0.3 is 0 Å². The van der Waals surface area contributed by atoms with E-state index in [9.17, 15) is 8.42 Å². The van der Waals surface area contributed by atoms with E-state index >= 15 is 0 Å². The molecule has 0 bridgehead atoms. The van der Waals surface area contributed by atoms with Crippen LogP contribution in [0.15, 0.2) is 29.1 Å². The van der Waals surface area contributed by atoms with Gasteiger partial charge in [0.05, 0.1) is 0 Å². The molecule has 0 N–H and O–H groups in total. The van der Waals surface area contributed by atoms with Gasteiger partial charge in [0, 0.05) is 25.1 Å².